The number of ether oxygens (including phenoxy) is 1. The summed E-state index contributed by atoms with van der Waals surface area (Å²) in [6, 6.07) is 5.77. The van der Waals surface area contributed by atoms with Crippen molar-refractivity contribution in [2.75, 3.05) is 6.61 Å². The van der Waals surface area contributed by atoms with Crippen LogP contribution < -0.4 is 0 Å². The Labute approximate surface area is 136 Å². The first-order valence-corrected chi connectivity index (χ1v) is 8.43. The number of rotatable bonds is 5. The number of carbonyl (C=O) groups is 1. The van der Waals surface area contributed by atoms with E-state index >= 15 is 0 Å². The lowest BCUT2D eigenvalue weighted by molar-refractivity contribution is -0.143. The van der Waals surface area contributed by atoms with Crippen LogP contribution in [0.4, 0.5) is 0 Å². The van der Waals surface area contributed by atoms with Crippen molar-refractivity contribution in [1.82, 2.24) is 0 Å². The van der Waals surface area contributed by atoms with Gasteiger partial charge < -0.3 is 4.74 Å². The molecule has 1 saturated carbocycles. The second-order valence-electron chi connectivity index (χ2n) is 5.80. The van der Waals surface area contributed by atoms with E-state index in [2.05, 4.69) is 0 Å². The molecule has 0 spiro atoms. The average molecular weight is 329 g/mol. The second kappa shape index (κ2) is 7.51. The molecule has 0 unspecified atom stereocenters. The predicted octanol–water partition coefficient (Wildman–Crippen LogP) is 5.54. The molecular weight excluding hydrogens is 307 g/mol. The fraction of sp³-hybridized carbons (Fsp3) is 0.588. The first-order chi connectivity index (χ1) is 10.1. The molecule has 1 aliphatic rings. The number of benzene rings is 1. The lowest BCUT2D eigenvalue weighted by Crippen LogP contribution is -2.30. The lowest BCUT2D eigenvalue weighted by Gasteiger charge is -2.38. The third-order valence-electron chi connectivity index (χ3n) is 4.40. The average Bonchev–Trinajstić information content (AvgIpc) is 2.45. The minimum Gasteiger partial charge on any atom is -0.466 e. The van der Waals surface area contributed by atoms with E-state index in [9.17, 15) is 4.79 Å². The summed E-state index contributed by atoms with van der Waals surface area (Å²) < 4.78 is 5.07. The molecule has 0 bridgehead atoms. The number of carbonyl (C=O) groups excluding carboxylic acids is 1. The van der Waals surface area contributed by atoms with Gasteiger partial charge in [0.2, 0.25) is 0 Å². The zero-order valence-electron chi connectivity index (χ0n) is 12.5. The third kappa shape index (κ3) is 4.37. The molecule has 0 aliphatic heterocycles. The van der Waals surface area contributed by atoms with Gasteiger partial charge in [-0.25, -0.2) is 0 Å². The molecule has 0 saturated heterocycles. The summed E-state index contributed by atoms with van der Waals surface area (Å²) in [4.78, 5) is 11.7. The molecule has 0 radical (unpaired) electrons. The Morgan fingerprint density at radius 1 is 1.14 bits per heavy atom. The smallest absolute Gasteiger partial charge is 0.305 e. The molecule has 21 heavy (non-hydrogen) atoms. The number of esters is 1. The van der Waals surface area contributed by atoms with E-state index in [1.165, 1.54) is 24.8 Å². The Morgan fingerprint density at radius 2 is 1.76 bits per heavy atom. The topological polar surface area (TPSA) is 26.3 Å². The van der Waals surface area contributed by atoms with Gasteiger partial charge in [-0.2, -0.15) is 0 Å². The molecule has 4 heteroatoms. The first kappa shape index (κ1) is 16.6. The summed E-state index contributed by atoms with van der Waals surface area (Å²) in [5.41, 5.74) is 1.18. The van der Waals surface area contributed by atoms with Crippen LogP contribution in [0.5, 0.6) is 0 Å². The van der Waals surface area contributed by atoms with E-state index in [-0.39, 0.29) is 11.4 Å². The van der Waals surface area contributed by atoms with Gasteiger partial charge >= 0.3 is 5.97 Å². The molecule has 2 rings (SSSR count). The molecular formula is C17H22Cl2O2. The van der Waals surface area contributed by atoms with Crippen LogP contribution in [0.3, 0.4) is 0 Å². The fourth-order valence-corrected chi connectivity index (χ4v) is 3.87. The minimum absolute atomic E-state index is 0.0134. The van der Waals surface area contributed by atoms with Crippen LogP contribution in [-0.2, 0) is 14.9 Å². The lowest BCUT2D eigenvalue weighted by atomic mass is 9.67. The van der Waals surface area contributed by atoms with E-state index in [1.807, 2.05) is 19.1 Å². The Morgan fingerprint density at radius 3 is 2.33 bits per heavy atom. The molecule has 0 aromatic heterocycles. The van der Waals surface area contributed by atoms with Crippen LogP contribution in [0, 0.1) is 0 Å². The molecule has 0 atom stereocenters. The van der Waals surface area contributed by atoms with Gasteiger partial charge in [-0.15, -0.1) is 0 Å². The van der Waals surface area contributed by atoms with Crippen LogP contribution in [0.25, 0.3) is 0 Å². The predicted molar refractivity (Wildman–Crippen MR) is 87.1 cm³/mol. The number of hydrogen-bond donors (Lipinski definition) is 0. The van der Waals surface area contributed by atoms with Crippen molar-refractivity contribution in [2.24, 2.45) is 0 Å². The quantitative estimate of drug-likeness (QED) is 0.663. The maximum absolute atomic E-state index is 11.7. The summed E-state index contributed by atoms with van der Waals surface area (Å²) in [7, 11) is 0. The molecule has 116 valence electrons. The third-order valence-corrected chi connectivity index (χ3v) is 4.84. The molecule has 1 fully saturated rings. The monoisotopic (exact) mass is 328 g/mol. The zero-order valence-corrected chi connectivity index (χ0v) is 14.0. The maximum Gasteiger partial charge on any atom is 0.305 e. The van der Waals surface area contributed by atoms with Crippen LogP contribution in [0.2, 0.25) is 10.0 Å². The van der Waals surface area contributed by atoms with Crippen molar-refractivity contribution in [3.63, 3.8) is 0 Å². The van der Waals surface area contributed by atoms with Crippen LogP contribution in [0.15, 0.2) is 18.2 Å². The first-order valence-electron chi connectivity index (χ1n) is 7.68. The van der Waals surface area contributed by atoms with E-state index < -0.39 is 0 Å². The van der Waals surface area contributed by atoms with Crippen LogP contribution in [0.1, 0.15) is 57.4 Å². The summed E-state index contributed by atoms with van der Waals surface area (Å²) >= 11 is 12.3. The van der Waals surface area contributed by atoms with Crippen LogP contribution >= 0.6 is 23.2 Å². The van der Waals surface area contributed by atoms with Gasteiger partial charge in [0, 0.05) is 16.5 Å². The second-order valence-corrected chi connectivity index (χ2v) is 6.68. The highest BCUT2D eigenvalue weighted by atomic mass is 35.5. The Bertz CT molecular complexity index is 473. The van der Waals surface area contributed by atoms with Crippen molar-refractivity contribution in [2.45, 2.75) is 57.3 Å². The summed E-state index contributed by atoms with van der Waals surface area (Å²) in [6.45, 7) is 2.28. The normalized spacial score (nSPS) is 17.5. The van der Waals surface area contributed by atoms with Crippen LogP contribution in [-0.4, -0.2) is 12.6 Å². The highest BCUT2D eigenvalue weighted by Gasteiger charge is 2.34. The van der Waals surface area contributed by atoms with Gasteiger partial charge in [-0.05, 0) is 55.4 Å². The number of hydrogen-bond acceptors (Lipinski definition) is 2. The van der Waals surface area contributed by atoms with Gasteiger partial charge in [-0.3, -0.25) is 4.79 Å². The van der Waals surface area contributed by atoms with E-state index in [1.54, 1.807) is 6.07 Å². The van der Waals surface area contributed by atoms with E-state index in [0.29, 0.717) is 23.1 Å². The van der Waals surface area contributed by atoms with Crippen molar-refractivity contribution < 1.29 is 9.53 Å². The summed E-state index contributed by atoms with van der Waals surface area (Å²) in [5.74, 6) is -0.115. The van der Waals surface area contributed by atoms with Crippen molar-refractivity contribution >= 4 is 29.2 Å². The van der Waals surface area contributed by atoms with Crippen molar-refractivity contribution in [1.29, 1.82) is 0 Å². The maximum atomic E-state index is 11.7. The zero-order chi connectivity index (χ0) is 15.3. The largest absolute Gasteiger partial charge is 0.466 e. The van der Waals surface area contributed by atoms with Gasteiger partial charge in [0.25, 0.3) is 0 Å². The summed E-state index contributed by atoms with van der Waals surface area (Å²) in [6.07, 6.45) is 7.07. The molecule has 0 N–H and O–H groups in total. The Hall–Kier alpha value is -0.730. The Balaban J connectivity index is 2.21. The molecule has 1 aromatic rings. The highest BCUT2D eigenvalue weighted by Crippen LogP contribution is 2.44. The summed E-state index contributed by atoms with van der Waals surface area (Å²) in [5, 5.41) is 1.33. The van der Waals surface area contributed by atoms with Gasteiger partial charge in [-0.1, -0.05) is 42.5 Å². The van der Waals surface area contributed by atoms with Crippen molar-refractivity contribution in [3.05, 3.63) is 33.8 Å². The molecule has 0 heterocycles. The van der Waals surface area contributed by atoms with E-state index in [4.69, 9.17) is 27.9 Å². The fourth-order valence-electron chi connectivity index (χ4n) is 3.35. The van der Waals surface area contributed by atoms with Gasteiger partial charge in [0.15, 0.2) is 0 Å². The number of halogens is 2. The van der Waals surface area contributed by atoms with Gasteiger partial charge in [0.05, 0.1) is 6.61 Å². The molecule has 1 aromatic carbocycles. The Kier molecular flexibility index (Phi) is 5.95. The molecule has 1 aliphatic carbocycles. The standard InChI is InChI=1S/C17H22Cl2O2/c1-2-21-16(20)6-9-17(7-4-3-5-8-17)13-10-14(18)12-15(19)11-13/h10-12H,2-9H2,1H3. The minimum atomic E-state index is -0.115. The van der Waals surface area contributed by atoms with Gasteiger partial charge in [0.1, 0.15) is 0 Å². The molecule has 2 nitrogen and oxygen atoms in total. The molecule has 0 amide bonds. The van der Waals surface area contributed by atoms with Crippen molar-refractivity contribution in [3.8, 4) is 0 Å². The van der Waals surface area contributed by atoms with E-state index in [0.717, 1.165) is 19.3 Å². The highest BCUT2D eigenvalue weighted by molar-refractivity contribution is 6.34. The SMILES string of the molecule is CCOC(=O)CCC1(c2cc(Cl)cc(Cl)c2)CCCCC1.